The zero-order valence-electron chi connectivity index (χ0n) is 12.8. The lowest BCUT2D eigenvalue weighted by atomic mass is 10.2. The third kappa shape index (κ3) is 6.62. The zero-order chi connectivity index (χ0) is 16.0. The maximum absolute atomic E-state index is 11.8. The molecule has 6 heteroatoms. The van der Waals surface area contributed by atoms with Crippen molar-refractivity contribution in [3.8, 4) is 0 Å². The van der Waals surface area contributed by atoms with Gasteiger partial charge in [-0.2, -0.15) is 0 Å². The van der Waals surface area contributed by atoms with Crippen LogP contribution >= 0.6 is 0 Å². The molecule has 21 heavy (non-hydrogen) atoms. The molecule has 0 bridgehead atoms. The molecule has 1 rings (SSSR count). The standard InChI is InChI=1S/C15H24N2O3S/c1-11(2)6-8-21(19,20)9-7-15(18)17-14-10-13(16)5-4-12(14)3/h4-5,10-11H,6-9,16H2,1-3H3,(H,17,18). The summed E-state index contributed by atoms with van der Waals surface area (Å²) in [5, 5.41) is 2.71. The third-order valence-corrected chi connectivity index (χ3v) is 4.87. The van der Waals surface area contributed by atoms with Gasteiger partial charge in [0.1, 0.15) is 0 Å². The van der Waals surface area contributed by atoms with E-state index in [0.717, 1.165) is 5.56 Å². The average Bonchev–Trinajstić information content (AvgIpc) is 2.39. The highest BCUT2D eigenvalue weighted by molar-refractivity contribution is 7.91. The van der Waals surface area contributed by atoms with Crippen molar-refractivity contribution >= 4 is 27.1 Å². The predicted molar refractivity (Wildman–Crippen MR) is 86.9 cm³/mol. The second-order valence-electron chi connectivity index (χ2n) is 5.71. The van der Waals surface area contributed by atoms with E-state index in [2.05, 4.69) is 5.32 Å². The topological polar surface area (TPSA) is 89.3 Å². The summed E-state index contributed by atoms with van der Waals surface area (Å²) in [6.45, 7) is 5.81. The van der Waals surface area contributed by atoms with Crippen LogP contribution in [0.4, 0.5) is 11.4 Å². The molecule has 0 heterocycles. The molecule has 0 atom stereocenters. The van der Waals surface area contributed by atoms with Gasteiger partial charge in [-0.3, -0.25) is 4.79 Å². The largest absolute Gasteiger partial charge is 0.399 e. The number of hydrogen-bond acceptors (Lipinski definition) is 4. The van der Waals surface area contributed by atoms with Crippen LogP contribution in [0.5, 0.6) is 0 Å². The number of nitrogens with two attached hydrogens (primary N) is 1. The van der Waals surface area contributed by atoms with Crippen LogP contribution in [0.25, 0.3) is 0 Å². The van der Waals surface area contributed by atoms with Gasteiger partial charge >= 0.3 is 0 Å². The molecular formula is C15H24N2O3S. The number of amides is 1. The van der Waals surface area contributed by atoms with Gasteiger partial charge in [-0.1, -0.05) is 19.9 Å². The van der Waals surface area contributed by atoms with E-state index in [1.54, 1.807) is 12.1 Å². The van der Waals surface area contributed by atoms with E-state index < -0.39 is 9.84 Å². The fourth-order valence-electron chi connectivity index (χ4n) is 1.75. The van der Waals surface area contributed by atoms with Crippen molar-refractivity contribution in [3.63, 3.8) is 0 Å². The van der Waals surface area contributed by atoms with Gasteiger partial charge in [-0.15, -0.1) is 0 Å². The lowest BCUT2D eigenvalue weighted by Crippen LogP contribution is -2.20. The molecule has 0 unspecified atom stereocenters. The van der Waals surface area contributed by atoms with Gasteiger partial charge in [-0.05, 0) is 37.0 Å². The summed E-state index contributed by atoms with van der Waals surface area (Å²) in [7, 11) is -3.17. The smallest absolute Gasteiger partial charge is 0.225 e. The number of anilines is 2. The Bertz CT molecular complexity index is 595. The molecule has 0 fully saturated rings. The molecule has 0 radical (unpaired) electrons. The summed E-state index contributed by atoms with van der Waals surface area (Å²) in [6.07, 6.45) is 0.590. The Labute approximate surface area is 126 Å². The van der Waals surface area contributed by atoms with Crippen LogP contribution in [0.3, 0.4) is 0 Å². The fourth-order valence-corrected chi connectivity index (χ4v) is 3.28. The SMILES string of the molecule is Cc1ccc(N)cc1NC(=O)CCS(=O)(=O)CCC(C)C. The lowest BCUT2D eigenvalue weighted by Gasteiger charge is -2.10. The number of hydrogen-bond donors (Lipinski definition) is 2. The van der Waals surface area contributed by atoms with Gasteiger partial charge < -0.3 is 11.1 Å². The number of rotatable bonds is 7. The van der Waals surface area contributed by atoms with Crippen LogP contribution < -0.4 is 11.1 Å². The molecule has 0 spiro atoms. The number of nitrogens with one attached hydrogen (secondary N) is 1. The Kier molecular flexibility index (Phi) is 6.20. The molecule has 0 aliphatic heterocycles. The van der Waals surface area contributed by atoms with Gasteiger partial charge in [-0.25, -0.2) is 8.42 Å². The van der Waals surface area contributed by atoms with E-state index in [1.807, 2.05) is 26.8 Å². The Hall–Kier alpha value is -1.56. The van der Waals surface area contributed by atoms with Crippen molar-refractivity contribution in [2.75, 3.05) is 22.6 Å². The van der Waals surface area contributed by atoms with Crippen molar-refractivity contribution < 1.29 is 13.2 Å². The summed E-state index contributed by atoms with van der Waals surface area (Å²) < 4.78 is 23.6. The highest BCUT2D eigenvalue weighted by atomic mass is 32.2. The maximum atomic E-state index is 11.8. The molecule has 1 aromatic carbocycles. The number of nitrogen functional groups attached to an aromatic ring is 1. The van der Waals surface area contributed by atoms with E-state index in [0.29, 0.717) is 23.7 Å². The predicted octanol–water partition coefficient (Wildman–Crippen LogP) is 2.37. The molecule has 0 aromatic heterocycles. The molecule has 0 saturated carbocycles. The summed E-state index contributed by atoms with van der Waals surface area (Å²) >= 11 is 0. The molecule has 0 aliphatic carbocycles. The monoisotopic (exact) mass is 312 g/mol. The molecule has 5 nitrogen and oxygen atoms in total. The van der Waals surface area contributed by atoms with Crippen molar-refractivity contribution in [3.05, 3.63) is 23.8 Å². The van der Waals surface area contributed by atoms with Gasteiger partial charge in [0.05, 0.1) is 11.5 Å². The minimum atomic E-state index is -3.17. The first-order valence-electron chi connectivity index (χ1n) is 7.06. The quantitative estimate of drug-likeness (QED) is 0.756. The Balaban J connectivity index is 2.53. The van der Waals surface area contributed by atoms with Crippen LogP contribution in [0.1, 0.15) is 32.3 Å². The van der Waals surface area contributed by atoms with Crippen molar-refractivity contribution in [1.29, 1.82) is 0 Å². The number of carbonyl (C=O) groups is 1. The molecule has 1 aromatic rings. The first-order valence-corrected chi connectivity index (χ1v) is 8.88. The van der Waals surface area contributed by atoms with Crippen molar-refractivity contribution in [2.24, 2.45) is 5.92 Å². The van der Waals surface area contributed by atoms with Gasteiger partial charge in [0.2, 0.25) is 5.91 Å². The van der Waals surface area contributed by atoms with Crippen molar-refractivity contribution in [1.82, 2.24) is 0 Å². The highest BCUT2D eigenvalue weighted by Crippen LogP contribution is 2.18. The van der Waals surface area contributed by atoms with Crippen LogP contribution in [0.2, 0.25) is 0 Å². The number of sulfone groups is 1. The Morgan fingerprint density at radius 1 is 1.29 bits per heavy atom. The van der Waals surface area contributed by atoms with E-state index in [1.165, 1.54) is 0 Å². The summed E-state index contributed by atoms with van der Waals surface area (Å²) in [4.78, 5) is 11.8. The van der Waals surface area contributed by atoms with E-state index in [-0.39, 0.29) is 23.8 Å². The van der Waals surface area contributed by atoms with E-state index in [9.17, 15) is 13.2 Å². The molecule has 118 valence electrons. The number of aryl methyl sites for hydroxylation is 1. The number of benzene rings is 1. The number of carbonyl (C=O) groups excluding carboxylic acids is 1. The second-order valence-corrected chi connectivity index (χ2v) is 8.01. The molecule has 3 N–H and O–H groups in total. The summed E-state index contributed by atoms with van der Waals surface area (Å²) in [6, 6.07) is 5.23. The first-order chi connectivity index (χ1) is 9.69. The highest BCUT2D eigenvalue weighted by Gasteiger charge is 2.15. The normalized spacial score (nSPS) is 11.6. The minimum Gasteiger partial charge on any atom is -0.399 e. The molecule has 0 aliphatic rings. The first kappa shape index (κ1) is 17.5. The fraction of sp³-hybridized carbons (Fsp3) is 0.533. The van der Waals surface area contributed by atoms with Gasteiger partial charge in [0.25, 0.3) is 0 Å². The molecule has 1 amide bonds. The Morgan fingerprint density at radius 2 is 1.95 bits per heavy atom. The summed E-state index contributed by atoms with van der Waals surface area (Å²) in [5.74, 6) is 0.0442. The molecular weight excluding hydrogens is 288 g/mol. The lowest BCUT2D eigenvalue weighted by molar-refractivity contribution is -0.115. The van der Waals surface area contributed by atoms with E-state index >= 15 is 0 Å². The molecule has 0 saturated heterocycles. The maximum Gasteiger partial charge on any atom is 0.225 e. The van der Waals surface area contributed by atoms with E-state index in [4.69, 9.17) is 5.73 Å². The second kappa shape index (κ2) is 7.45. The van der Waals surface area contributed by atoms with Crippen LogP contribution in [0, 0.1) is 12.8 Å². The zero-order valence-corrected chi connectivity index (χ0v) is 13.7. The van der Waals surface area contributed by atoms with Crippen LogP contribution in [0.15, 0.2) is 18.2 Å². The third-order valence-electron chi connectivity index (χ3n) is 3.18. The minimum absolute atomic E-state index is 0.0331. The van der Waals surface area contributed by atoms with Crippen LogP contribution in [-0.2, 0) is 14.6 Å². The van der Waals surface area contributed by atoms with Gasteiger partial charge in [0, 0.05) is 17.8 Å². The van der Waals surface area contributed by atoms with Crippen molar-refractivity contribution in [2.45, 2.75) is 33.6 Å². The summed E-state index contributed by atoms with van der Waals surface area (Å²) in [5.41, 5.74) is 7.74. The van der Waals surface area contributed by atoms with Gasteiger partial charge in [0.15, 0.2) is 9.84 Å². The average molecular weight is 312 g/mol. The Morgan fingerprint density at radius 3 is 2.57 bits per heavy atom. The van der Waals surface area contributed by atoms with Crippen LogP contribution in [-0.4, -0.2) is 25.8 Å².